The first-order valence-electron chi connectivity index (χ1n) is 11.5. The molecular formula is C23H26N6O5S. The van der Waals surface area contributed by atoms with Gasteiger partial charge in [0.1, 0.15) is 17.7 Å². The molecule has 2 aliphatic rings. The molecule has 0 bridgehead atoms. The van der Waals surface area contributed by atoms with Gasteiger partial charge in [0.05, 0.1) is 16.9 Å². The summed E-state index contributed by atoms with van der Waals surface area (Å²) in [7, 11) is 0. The largest absolute Gasteiger partial charge is 0.477 e. The summed E-state index contributed by atoms with van der Waals surface area (Å²) in [6.45, 7) is 6.01. The Hall–Kier alpha value is -3.38. The molecule has 3 aromatic rings. The van der Waals surface area contributed by atoms with Gasteiger partial charge in [-0.3, -0.25) is 14.2 Å². The van der Waals surface area contributed by atoms with Crippen LogP contribution >= 0.6 is 11.5 Å². The van der Waals surface area contributed by atoms with Gasteiger partial charge in [0.15, 0.2) is 5.65 Å². The first-order valence-corrected chi connectivity index (χ1v) is 12.3. The number of anilines is 1. The van der Waals surface area contributed by atoms with Crippen molar-refractivity contribution >= 4 is 40.3 Å². The maximum Gasteiger partial charge on any atom is 0.341 e. The van der Waals surface area contributed by atoms with Gasteiger partial charge in [0.2, 0.25) is 16.5 Å². The average Bonchev–Trinajstić information content (AvgIpc) is 3.32. The molecule has 0 saturated carbocycles. The molecule has 0 aromatic carbocycles. The van der Waals surface area contributed by atoms with E-state index in [0.717, 1.165) is 37.4 Å². The first-order chi connectivity index (χ1) is 16.8. The minimum absolute atomic E-state index is 0.00831. The molecule has 12 heteroatoms. The van der Waals surface area contributed by atoms with Crippen LogP contribution in [0.15, 0.2) is 23.4 Å². The minimum Gasteiger partial charge on any atom is -0.477 e. The molecule has 0 aliphatic carbocycles. The van der Waals surface area contributed by atoms with Crippen molar-refractivity contribution in [1.82, 2.24) is 24.2 Å². The van der Waals surface area contributed by atoms with Crippen molar-refractivity contribution in [3.8, 4) is 5.13 Å². The van der Waals surface area contributed by atoms with Gasteiger partial charge in [-0.15, -0.1) is 0 Å². The number of fused-ring (bicyclic) bond motifs is 1. The molecule has 1 unspecified atom stereocenters. The second-order valence-corrected chi connectivity index (χ2v) is 10.1. The molecule has 184 valence electrons. The minimum atomic E-state index is -1.32. The Kier molecular flexibility index (Phi) is 6.01. The van der Waals surface area contributed by atoms with Gasteiger partial charge in [-0.1, -0.05) is 0 Å². The van der Waals surface area contributed by atoms with Gasteiger partial charge < -0.3 is 20.1 Å². The number of hydrogen-bond acceptors (Lipinski definition) is 9. The van der Waals surface area contributed by atoms with Gasteiger partial charge in [0.25, 0.3) is 0 Å². The van der Waals surface area contributed by atoms with E-state index in [2.05, 4.69) is 19.7 Å². The normalized spacial score (nSPS) is 20.6. The fourth-order valence-electron chi connectivity index (χ4n) is 4.59. The second-order valence-electron chi connectivity index (χ2n) is 9.34. The fourth-order valence-corrected chi connectivity index (χ4v) is 5.10. The lowest BCUT2D eigenvalue weighted by Crippen LogP contribution is -2.56. The predicted octanol–water partition coefficient (Wildman–Crippen LogP) is 1.76. The SMILES string of the molecule is Cc1cc(N2CC(C(=O)NCC3(C)CCCCO3)C2)nc2c1c(=O)c(C(=O)O)cn2-c1ncns1. The lowest BCUT2D eigenvalue weighted by molar-refractivity contribution is -0.128. The Labute approximate surface area is 204 Å². The average molecular weight is 499 g/mol. The summed E-state index contributed by atoms with van der Waals surface area (Å²) >= 11 is 1.07. The third-order valence-electron chi connectivity index (χ3n) is 6.69. The maximum absolute atomic E-state index is 12.9. The molecular weight excluding hydrogens is 472 g/mol. The number of carbonyl (C=O) groups is 2. The van der Waals surface area contributed by atoms with Crippen LogP contribution in [0.1, 0.15) is 42.1 Å². The maximum atomic E-state index is 12.9. The Morgan fingerprint density at radius 3 is 2.80 bits per heavy atom. The molecule has 11 nitrogen and oxygen atoms in total. The Balaban J connectivity index is 1.38. The van der Waals surface area contributed by atoms with E-state index in [-0.39, 0.29) is 28.4 Å². The van der Waals surface area contributed by atoms with Crippen molar-refractivity contribution in [2.75, 3.05) is 31.1 Å². The smallest absolute Gasteiger partial charge is 0.341 e. The monoisotopic (exact) mass is 498 g/mol. The van der Waals surface area contributed by atoms with Crippen molar-refractivity contribution in [2.24, 2.45) is 5.92 Å². The number of carbonyl (C=O) groups excluding carboxylic acids is 1. The molecule has 0 spiro atoms. The quantitative estimate of drug-likeness (QED) is 0.520. The lowest BCUT2D eigenvalue weighted by Gasteiger charge is -2.40. The number of pyridine rings is 2. The zero-order valence-corrected chi connectivity index (χ0v) is 20.3. The number of hydrogen-bond donors (Lipinski definition) is 2. The molecule has 5 heterocycles. The highest BCUT2D eigenvalue weighted by Crippen LogP contribution is 2.29. The van der Waals surface area contributed by atoms with E-state index in [1.165, 1.54) is 17.1 Å². The number of aromatic nitrogens is 4. The number of nitrogens with one attached hydrogen (secondary N) is 1. The summed E-state index contributed by atoms with van der Waals surface area (Å²) < 4.78 is 11.3. The van der Waals surface area contributed by atoms with E-state index in [4.69, 9.17) is 4.74 Å². The molecule has 3 aromatic heterocycles. The van der Waals surface area contributed by atoms with Gasteiger partial charge in [-0.05, 0) is 44.7 Å². The van der Waals surface area contributed by atoms with Gasteiger partial charge in [-0.25, -0.2) is 14.8 Å². The number of amides is 1. The molecule has 2 aliphatic heterocycles. The number of carboxylic acids is 1. The number of nitrogens with zero attached hydrogens (tertiary/aromatic N) is 5. The fraction of sp³-hybridized carbons (Fsp3) is 0.478. The summed E-state index contributed by atoms with van der Waals surface area (Å²) in [6.07, 6.45) is 5.70. The molecule has 35 heavy (non-hydrogen) atoms. The summed E-state index contributed by atoms with van der Waals surface area (Å²) in [6, 6.07) is 1.75. The van der Waals surface area contributed by atoms with Crippen molar-refractivity contribution in [3.63, 3.8) is 0 Å². The zero-order valence-electron chi connectivity index (χ0n) is 19.5. The molecule has 0 radical (unpaired) electrons. The van der Waals surface area contributed by atoms with Crippen molar-refractivity contribution in [3.05, 3.63) is 39.9 Å². The number of aryl methyl sites for hydroxylation is 1. The molecule has 5 rings (SSSR count). The highest BCUT2D eigenvalue weighted by atomic mass is 32.1. The van der Waals surface area contributed by atoms with Crippen LogP contribution < -0.4 is 15.6 Å². The molecule has 1 amide bonds. The molecule has 1 atom stereocenters. The highest BCUT2D eigenvalue weighted by Gasteiger charge is 2.36. The Bertz CT molecular complexity index is 1340. The van der Waals surface area contributed by atoms with Crippen LogP contribution in [-0.2, 0) is 9.53 Å². The summed E-state index contributed by atoms with van der Waals surface area (Å²) in [5.41, 5.74) is -0.350. The van der Waals surface area contributed by atoms with Crippen LogP contribution in [0.25, 0.3) is 16.2 Å². The van der Waals surface area contributed by atoms with Crippen molar-refractivity contribution < 1.29 is 19.4 Å². The van der Waals surface area contributed by atoms with Gasteiger partial charge >= 0.3 is 5.97 Å². The van der Waals surface area contributed by atoms with E-state index in [1.807, 2.05) is 11.8 Å². The van der Waals surface area contributed by atoms with Crippen LogP contribution in [0.2, 0.25) is 0 Å². The summed E-state index contributed by atoms with van der Waals surface area (Å²) in [5.74, 6) is -0.879. The number of aromatic carboxylic acids is 1. The van der Waals surface area contributed by atoms with E-state index in [0.29, 0.717) is 41.8 Å². The van der Waals surface area contributed by atoms with Crippen molar-refractivity contribution in [2.45, 2.75) is 38.7 Å². The van der Waals surface area contributed by atoms with Crippen LogP contribution in [0, 0.1) is 12.8 Å². The van der Waals surface area contributed by atoms with Crippen LogP contribution in [-0.4, -0.2) is 67.7 Å². The molecule has 2 fully saturated rings. The van der Waals surface area contributed by atoms with E-state index in [9.17, 15) is 19.5 Å². The number of carboxylic acid groups (broad SMARTS) is 1. The molecule has 2 N–H and O–H groups in total. The first kappa shape index (κ1) is 23.4. The number of rotatable bonds is 6. The Morgan fingerprint density at radius 1 is 1.34 bits per heavy atom. The van der Waals surface area contributed by atoms with E-state index in [1.54, 1.807) is 13.0 Å². The highest BCUT2D eigenvalue weighted by molar-refractivity contribution is 7.08. The Morgan fingerprint density at radius 2 is 2.14 bits per heavy atom. The van der Waals surface area contributed by atoms with Crippen LogP contribution in [0.5, 0.6) is 0 Å². The van der Waals surface area contributed by atoms with Gasteiger partial charge in [0, 0.05) is 44.0 Å². The standard InChI is InChI=1S/C23H26N6O5S/c1-13-7-16(28-8-14(9-28)20(31)24-11-23(2)5-3-4-6-34-23)27-19-17(13)18(30)15(21(32)33)10-29(19)22-25-12-26-35-22/h7,10,12,14H,3-6,8-9,11H2,1-2H3,(H,24,31)(H,32,33). The van der Waals surface area contributed by atoms with Gasteiger partial charge in [-0.2, -0.15) is 4.37 Å². The second kappa shape index (κ2) is 9.00. The van der Waals surface area contributed by atoms with Crippen LogP contribution in [0.3, 0.4) is 0 Å². The topological polar surface area (TPSA) is 140 Å². The van der Waals surface area contributed by atoms with Crippen LogP contribution in [0.4, 0.5) is 5.82 Å². The lowest BCUT2D eigenvalue weighted by atomic mass is 9.94. The predicted molar refractivity (Wildman–Crippen MR) is 129 cm³/mol. The number of ether oxygens (including phenoxy) is 1. The zero-order chi connectivity index (χ0) is 24.7. The third-order valence-corrected chi connectivity index (χ3v) is 7.36. The summed E-state index contributed by atoms with van der Waals surface area (Å²) in [5, 5.41) is 13.2. The third kappa shape index (κ3) is 4.39. The molecule has 2 saturated heterocycles. The summed E-state index contributed by atoms with van der Waals surface area (Å²) in [4.78, 5) is 48.1. The van der Waals surface area contributed by atoms with E-state index < -0.39 is 11.4 Å². The van der Waals surface area contributed by atoms with Crippen molar-refractivity contribution in [1.29, 1.82) is 0 Å². The van der Waals surface area contributed by atoms with E-state index >= 15 is 0 Å².